The quantitative estimate of drug-likeness (QED) is 0.238. The highest BCUT2D eigenvalue weighted by Gasteiger charge is 2.19. The third-order valence-corrected chi connectivity index (χ3v) is 6.75. The van der Waals surface area contributed by atoms with E-state index >= 15 is 4.39 Å². The van der Waals surface area contributed by atoms with Crippen LogP contribution in [0.3, 0.4) is 0 Å². The van der Waals surface area contributed by atoms with Crippen LogP contribution in [0, 0.1) is 5.82 Å². The van der Waals surface area contributed by atoms with Crippen molar-refractivity contribution < 1.29 is 26.7 Å². The average molecular weight is 546 g/mol. The van der Waals surface area contributed by atoms with Crippen LogP contribution in [0.1, 0.15) is 6.42 Å². The van der Waals surface area contributed by atoms with E-state index in [9.17, 15) is 12.8 Å². The van der Waals surface area contributed by atoms with Crippen molar-refractivity contribution in [2.45, 2.75) is 6.42 Å². The SMILES string of the molecule is COCCOc1cc(-c2cccc(NS(=O)(=O)CCCF)c2F)cc2c(N)nc(-c3cnc(N)nc3)nc12. The number of sulfonamides is 1. The molecule has 0 aliphatic rings. The predicted molar refractivity (Wildman–Crippen MR) is 140 cm³/mol. The summed E-state index contributed by atoms with van der Waals surface area (Å²) < 4.78 is 65.6. The molecule has 2 aromatic heterocycles. The Morgan fingerprint density at radius 2 is 1.82 bits per heavy atom. The highest BCUT2D eigenvalue weighted by atomic mass is 32.2. The summed E-state index contributed by atoms with van der Waals surface area (Å²) in [4.78, 5) is 16.8. The maximum atomic E-state index is 15.5. The number of aromatic nitrogens is 4. The number of nitrogens with one attached hydrogen (secondary N) is 1. The van der Waals surface area contributed by atoms with Gasteiger partial charge in [0.1, 0.15) is 23.7 Å². The van der Waals surface area contributed by atoms with Gasteiger partial charge in [0.05, 0.1) is 30.3 Å². The maximum absolute atomic E-state index is 15.5. The van der Waals surface area contributed by atoms with Gasteiger partial charge in [0.2, 0.25) is 16.0 Å². The van der Waals surface area contributed by atoms with Gasteiger partial charge in [0.25, 0.3) is 0 Å². The van der Waals surface area contributed by atoms with Gasteiger partial charge in [-0.1, -0.05) is 12.1 Å². The molecule has 11 nitrogen and oxygen atoms in total. The van der Waals surface area contributed by atoms with Crippen molar-refractivity contribution in [3.8, 4) is 28.3 Å². The molecule has 0 fully saturated rings. The molecule has 0 amide bonds. The molecule has 5 N–H and O–H groups in total. The first-order valence-corrected chi connectivity index (χ1v) is 13.0. The molecule has 14 heteroatoms. The fourth-order valence-corrected chi connectivity index (χ4v) is 4.69. The van der Waals surface area contributed by atoms with Crippen LogP contribution in [0.15, 0.2) is 42.7 Å². The van der Waals surface area contributed by atoms with Crippen molar-refractivity contribution in [2.75, 3.05) is 48.9 Å². The van der Waals surface area contributed by atoms with Crippen molar-refractivity contribution in [3.05, 3.63) is 48.5 Å². The normalized spacial score (nSPS) is 11.6. The summed E-state index contributed by atoms with van der Waals surface area (Å²) in [5.41, 5.74) is 12.8. The van der Waals surface area contributed by atoms with Crippen LogP contribution in [0.2, 0.25) is 0 Å². The molecule has 0 atom stereocenters. The van der Waals surface area contributed by atoms with Gasteiger partial charge in [-0.05, 0) is 30.2 Å². The highest BCUT2D eigenvalue weighted by molar-refractivity contribution is 7.92. The summed E-state index contributed by atoms with van der Waals surface area (Å²) in [6.45, 7) is -0.367. The molecule has 200 valence electrons. The van der Waals surface area contributed by atoms with Crippen molar-refractivity contribution >= 4 is 38.4 Å². The zero-order valence-electron chi connectivity index (χ0n) is 20.3. The van der Waals surface area contributed by atoms with Gasteiger partial charge in [-0.2, -0.15) is 0 Å². The number of fused-ring (bicyclic) bond motifs is 1. The van der Waals surface area contributed by atoms with E-state index in [1.54, 1.807) is 12.1 Å². The van der Waals surface area contributed by atoms with Crippen LogP contribution >= 0.6 is 0 Å². The Hall–Kier alpha value is -4.17. The van der Waals surface area contributed by atoms with Crippen molar-refractivity contribution in [1.82, 2.24) is 19.9 Å². The molecule has 38 heavy (non-hydrogen) atoms. The Morgan fingerprint density at radius 3 is 2.53 bits per heavy atom. The third-order valence-electron chi connectivity index (χ3n) is 5.39. The monoisotopic (exact) mass is 545 g/mol. The third kappa shape index (κ3) is 6.03. The Bertz CT molecular complexity index is 1550. The number of nitrogens with two attached hydrogens (primary N) is 2. The number of benzene rings is 2. The van der Waals surface area contributed by atoms with Crippen LogP contribution in [0.5, 0.6) is 5.75 Å². The lowest BCUT2D eigenvalue weighted by atomic mass is 10.0. The van der Waals surface area contributed by atoms with E-state index in [-0.39, 0.29) is 54.2 Å². The number of nitrogens with zero attached hydrogens (tertiary/aromatic N) is 4. The van der Waals surface area contributed by atoms with E-state index in [1.165, 1.54) is 37.7 Å². The molecule has 2 aromatic carbocycles. The number of anilines is 3. The van der Waals surface area contributed by atoms with Crippen LogP contribution < -0.4 is 20.9 Å². The number of methoxy groups -OCH3 is 1. The topological polar surface area (TPSA) is 168 Å². The maximum Gasteiger partial charge on any atom is 0.232 e. The molecule has 0 unspecified atom stereocenters. The Kier molecular flexibility index (Phi) is 8.12. The second kappa shape index (κ2) is 11.5. The predicted octanol–water partition coefficient (Wildman–Crippen LogP) is 3.18. The first-order valence-electron chi connectivity index (χ1n) is 11.4. The Balaban J connectivity index is 1.82. The van der Waals surface area contributed by atoms with Crippen LogP contribution in [-0.2, 0) is 14.8 Å². The summed E-state index contributed by atoms with van der Waals surface area (Å²) in [6, 6.07) is 7.39. The molecule has 2 heterocycles. The molecule has 0 aliphatic carbocycles. The van der Waals surface area contributed by atoms with Crippen molar-refractivity contribution in [3.63, 3.8) is 0 Å². The lowest BCUT2D eigenvalue weighted by Gasteiger charge is -2.15. The molecule has 4 rings (SSSR count). The van der Waals surface area contributed by atoms with Crippen molar-refractivity contribution in [1.29, 1.82) is 0 Å². The van der Waals surface area contributed by atoms with Crippen LogP contribution in [0.25, 0.3) is 33.4 Å². The summed E-state index contributed by atoms with van der Waals surface area (Å²) in [6.07, 6.45) is 2.71. The van der Waals surface area contributed by atoms with Gasteiger partial charge in [-0.15, -0.1) is 0 Å². The first kappa shape index (κ1) is 26.9. The van der Waals surface area contributed by atoms with E-state index < -0.39 is 28.3 Å². The van der Waals surface area contributed by atoms with E-state index in [0.717, 1.165) is 0 Å². The lowest BCUT2D eigenvalue weighted by Crippen LogP contribution is -2.18. The number of hydrogen-bond acceptors (Lipinski definition) is 10. The molecule has 0 spiro atoms. The number of alkyl halides is 1. The second-order valence-electron chi connectivity index (χ2n) is 8.10. The van der Waals surface area contributed by atoms with Gasteiger partial charge in [-0.25, -0.2) is 32.7 Å². The van der Waals surface area contributed by atoms with Crippen LogP contribution in [-0.4, -0.2) is 61.1 Å². The Labute approximate surface area is 217 Å². The van der Waals surface area contributed by atoms with Crippen molar-refractivity contribution in [2.24, 2.45) is 0 Å². The van der Waals surface area contributed by atoms with E-state index in [4.69, 9.17) is 20.9 Å². The average Bonchev–Trinajstić information content (AvgIpc) is 2.89. The minimum Gasteiger partial charge on any atom is -0.489 e. The standard InChI is InChI=1S/C24H25F2N7O4S/c1-36-7-8-37-19-11-14(16-4-2-5-18(20(16)26)33-38(34,35)9-3-6-25)10-17-21(19)31-23(32-22(17)27)15-12-29-24(28)30-13-15/h2,4-5,10-13,33H,3,6-9H2,1H3,(H2,27,31,32)(H2,28,29,30). The molecule has 0 aliphatic heterocycles. The smallest absolute Gasteiger partial charge is 0.232 e. The Morgan fingerprint density at radius 1 is 1.05 bits per heavy atom. The molecule has 0 saturated heterocycles. The van der Waals surface area contributed by atoms with Gasteiger partial charge >= 0.3 is 0 Å². The van der Waals surface area contributed by atoms with Gasteiger partial charge in [0.15, 0.2) is 11.6 Å². The van der Waals surface area contributed by atoms with Gasteiger partial charge in [-0.3, -0.25) is 9.11 Å². The minimum absolute atomic E-state index is 0.0737. The number of ether oxygens (including phenoxy) is 2. The molecular formula is C24H25F2N7O4S. The zero-order valence-corrected chi connectivity index (χ0v) is 21.1. The fourth-order valence-electron chi connectivity index (χ4n) is 3.60. The number of halogens is 2. The minimum atomic E-state index is -3.94. The highest BCUT2D eigenvalue weighted by Crippen LogP contribution is 2.37. The summed E-state index contributed by atoms with van der Waals surface area (Å²) in [7, 11) is -2.42. The largest absolute Gasteiger partial charge is 0.489 e. The fraction of sp³-hybridized carbons (Fsp3) is 0.250. The molecule has 0 radical (unpaired) electrons. The zero-order chi connectivity index (χ0) is 27.3. The first-order chi connectivity index (χ1) is 18.2. The summed E-state index contributed by atoms with van der Waals surface area (Å²) >= 11 is 0. The van der Waals surface area contributed by atoms with E-state index in [1.807, 2.05) is 0 Å². The molecular weight excluding hydrogens is 520 g/mol. The van der Waals surface area contributed by atoms with Gasteiger partial charge in [0, 0.05) is 30.5 Å². The molecule has 0 saturated carbocycles. The van der Waals surface area contributed by atoms with Gasteiger partial charge < -0.3 is 20.9 Å². The summed E-state index contributed by atoms with van der Waals surface area (Å²) in [5.74, 6) is -0.623. The number of hydrogen-bond donors (Lipinski definition) is 3. The number of rotatable bonds is 11. The van der Waals surface area contributed by atoms with E-state index in [2.05, 4.69) is 24.7 Å². The molecule has 0 bridgehead atoms. The van der Waals surface area contributed by atoms with E-state index in [0.29, 0.717) is 22.0 Å². The second-order valence-corrected chi connectivity index (χ2v) is 9.95. The number of nitrogen functional groups attached to an aromatic ring is 2. The summed E-state index contributed by atoms with van der Waals surface area (Å²) in [5, 5.41) is 0.378. The molecule has 4 aromatic rings. The van der Waals surface area contributed by atoms with Crippen LogP contribution in [0.4, 0.5) is 26.2 Å². The lowest BCUT2D eigenvalue weighted by molar-refractivity contribution is 0.147.